The first-order valence-corrected chi connectivity index (χ1v) is 8.66. The van der Waals surface area contributed by atoms with Crippen LogP contribution in [0.5, 0.6) is 5.75 Å². The van der Waals surface area contributed by atoms with Crippen molar-refractivity contribution in [1.82, 2.24) is 5.32 Å². The predicted octanol–water partition coefficient (Wildman–Crippen LogP) is 3.88. The van der Waals surface area contributed by atoms with Gasteiger partial charge in [-0.1, -0.05) is 0 Å². The Hall–Kier alpha value is -0.540. The zero-order chi connectivity index (χ0) is 13.9. The van der Waals surface area contributed by atoms with E-state index in [1.54, 1.807) is 18.2 Å². The summed E-state index contributed by atoms with van der Waals surface area (Å²) in [6, 6.07) is 2.29. The molecule has 1 aliphatic heterocycles. The van der Waals surface area contributed by atoms with Gasteiger partial charge < -0.3 is 10.1 Å². The molecule has 1 unspecified atom stereocenters. The van der Waals surface area contributed by atoms with E-state index in [-0.39, 0.29) is 0 Å². The smallest absolute Gasteiger partial charge is 0.136 e. The second kappa shape index (κ2) is 6.48. The third-order valence-corrected chi connectivity index (χ3v) is 5.35. The van der Waals surface area contributed by atoms with Crippen molar-refractivity contribution < 1.29 is 4.74 Å². The average Bonchev–Trinajstić information content (AvgIpc) is 2.48. The predicted molar refractivity (Wildman–Crippen MR) is 86.6 cm³/mol. The lowest BCUT2D eigenvalue weighted by Crippen LogP contribution is -2.31. The monoisotopic (exact) mass is 337 g/mol. The number of halogens is 1. The van der Waals surface area contributed by atoms with Crippen LogP contribution in [0.4, 0.5) is 0 Å². The van der Waals surface area contributed by atoms with Gasteiger partial charge in [0.05, 0.1) is 11.6 Å². The molecule has 3 rings (SSSR count). The van der Waals surface area contributed by atoms with Crippen molar-refractivity contribution in [2.75, 3.05) is 20.2 Å². The minimum atomic E-state index is 0.762. The molecule has 2 aliphatic rings. The van der Waals surface area contributed by atoms with E-state index in [1.807, 2.05) is 0 Å². The van der Waals surface area contributed by atoms with Gasteiger partial charge in [-0.2, -0.15) is 0 Å². The first kappa shape index (κ1) is 14.4. The molecule has 2 nitrogen and oxygen atoms in total. The largest absolute Gasteiger partial charge is 0.495 e. The summed E-state index contributed by atoms with van der Waals surface area (Å²) in [5.74, 6) is 1.84. The number of ether oxygens (including phenoxy) is 1. The van der Waals surface area contributed by atoms with Gasteiger partial charge in [-0.25, -0.2) is 0 Å². The standard InChI is InChI=1S/C17H24BrNO/c1-20-17-15(9-12-5-4-8-19-11-12)14-7-3-2-6-13(14)10-16(17)18/h10,12,19H,2-9,11H2,1H3. The molecule has 0 radical (unpaired) electrons. The lowest BCUT2D eigenvalue weighted by molar-refractivity contribution is 0.361. The summed E-state index contributed by atoms with van der Waals surface area (Å²) >= 11 is 3.71. The molecule has 3 heteroatoms. The summed E-state index contributed by atoms with van der Waals surface area (Å²) < 4.78 is 6.85. The molecule has 1 heterocycles. The summed E-state index contributed by atoms with van der Waals surface area (Å²) in [6.07, 6.45) is 8.94. The number of methoxy groups -OCH3 is 1. The van der Waals surface area contributed by atoms with Gasteiger partial charge in [0.25, 0.3) is 0 Å². The van der Waals surface area contributed by atoms with Crippen molar-refractivity contribution in [3.8, 4) is 5.75 Å². The van der Waals surface area contributed by atoms with Gasteiger partial charge in [0.1, 0.15) is 5.75 Å². The summed E-state index contributed by atoms with van der Waals surface area (Å²) in [4.78, 5) is 0. The van der Waals surface area contributed by atoms with Crippen LogP contribution < -0.4 is 10.1 Å². The Morgan fingerprint density at radius 2 is 2.15 bits per heavy atom. The Kier molecular flexibility index (Phi) is 4.67. The van der Waals surface area contributed by atoms with Crippen LogP contribution >= 0.6 is 15.9 Å². The molecule has 1 saturated heterocycles. The molecule has 1 fully saturated rings. The number of hydrogen-bond acceptors (Lipinski definition) is 2. The molecule has 1 aliphatic carbocycles. The summed E-state index contributed by atoms with van der Waals surface area (Å²) in [7, 11) is 1.80. The maximum absolute atomic E-state index is 5.72. The average molecular weight is 338 g/mol. The van der Waals surface area contributed by atoms with Gasteiger partial charge >= 0.3 is 0 Å². The fourth-order valence-electron chi connectivity index (χ4n) is 3.76. The second-order valence-corrected chi connectivity index (χ2v) is 6.99. The molecule has 0 spiro atoms. The molecule has 110 valence electrons. The van der Waals surface area contributed by atoms with Crippen molar-refractivity contribution in [1.29, 1.82) is 0 Å². The Labute approximate surface area is 130 Å². The second-order valence-electron chi connectivity index (χ2n) is 6.13. The topological polar surface area (TPSA) is 21.3 Å². The van der Waals surface area contributed by atoms with Crippen molar-refractivity contribution in [3.05, 3.63) is 27.2 Å². The fraction of sp³-hybridized carbons (Fsp3) is 0.647. The minimum Gasteiger partial charge on any atom is -0.495 e. The van der Waals surface area contributed by atoms with E-state index in [1.165, 1.54) is 50.6 Å². The highest BCUT2D eigenvalue weighted by Crippen LogP contribution is 2.39. The molecule has 1 atom stereocenters. The first-order valence-electron chi connectivity index (χ1n) is 7.87. The van der Waals surface area contributed by atoms with Gasteiger partial charge in [-0.15, -0.1) is 0 Å². The molecule has 0 aromatic heterocycles. The molecule has 0 amide bonds. The van der Waals surface area contributed by atoms with Crippen LogP contribution in [0.25, 0.3) is 0 Å². The fourth-order valence-corrected chi connectivity index (χ4v) is 4.43. The highest BCUT2D eigenvalue weighted by Gasteiger charge is 2.23. The number of benzene rings is 1. The number of fused-ring (bicyclic) bond motifs is 1. The van der Waals surface area contributed by atoms with Gasteiger partial charge in [-0.3, -0.25) is 0 Å². The molecule has 1 aromatic rings. The van der Waals surface area contributed by atoms with Crippen LogP contribution in [0.2, 0.25) is 0 Å². The molecule has 0 bridgehead atoms. The van der Waals surface area contributed by atoms with E-state index in [0.717, 1.165) is 29.1 Å². The van der Waals surface area contributed by atoms with Crippen LogP contribution in [0.1, 0.15) is 42.4 Å². The molecule has 20 heavy (non-hydrogen) atoms. The SMILES string of the molecule is COc1c(Br)cc2c(c1CC1CCCNC1)CCCC2. The van der Waals surface area contributed by atoms with Crippen LogP contribution in [-0.2, 0) is 19.3 Å². The highest BCUT2D eigenvalue weighted by atomic mass is 79.9. The Bertz CT molecular complexity index is 480. The van der Waals surface area contributed by atoms with Crippen LogP contribution in [-0.4, -0.2) is 20.2 Å². The lowest BCUT2D eigenvalue weighted by Gasteiger charge is -2.28. The van der Waals surface area contributed by atoms with Gasteiger partial charge in [0.2, 0.25) is 0 Å². The van der Waals surface area contributed by atoms with Crippen molar-refractivity contribution in [3.63, 3.8) is 0 Å². The Morgan fingerprint density at radius 1 is 1.30 bits per heavy atom. The van der Waals surface area contributed by atoms with E-state index in [2.05, 4.69) is 27.3 Å². The van der Waals surface area contributed by atoms with Crippen molar-refractivity contribution >= 4 is 15.9 Å². The number of nitrogens with one attached hydrogen (secondary N) is 1. The highest BCUT2D eigenvalue weighted by molar-refractivity contribution is 9.10. The van der Waals surface area contributed by atoms with Gasteiger partial charge in [-0.05, 0) is 103 Å². The molecule has 1 aromatic carbocycles. The number of hydrogen-bond donors (Lipinski definition) is 1. The minimum absolute atomic E-state index is 0.762. The first-order chi connectivity index (χ1) is 9.79. The zero-order valence-electron chi connectivity index (χ0n) is 12.3. The third-order valence-electron chi connectivity index (χ3n) is 4.76. The van der Waals surface area contributed by atoms with Crippen LogP contribution in [0, 0.1) is 5.92 Å². The number of rotatable bonds is 3. The van der Waals surface area contributed by atoms with E-state index in [9.17, 15) is 0 Å². The van der Waals surface area contributed by atoms with Crippen LogP contribution in [0.15, 0.2) is 10.5 Å². The molecular formula is C17H24BrNO. The summed E-state index contributed by atoms with van der Waals surface area (Å²) in [6.45, 7) is 2.34. The van der Waals surface area contributed by atoms with E-state index in [0.29, 0.717) is 0 Å². The maximum Gasteiger partial charge on any atom is 0.136 e. The normalized spacial score (nSPS) is 22.4. The summed E-state index contributed by atoms with van der Waals surface area (Å²) in [5, 5.41) is 3.53. The van der Waals surface area contributed by atoms with E-state index >= 15 is 0 Å². The Balaban J connectivity index is 1.95. The van der Waals surface area contributed by atoms with E-state index in [4.69, 9.17) is 4.74 Å². The van der Waals surface area contributed by atoms with Gasteiger partial charge in [0, 0.05) is 0 Å². The maximum atomic E-state index is 5.72. The lowest BCUT2D eigenvalue weighted by atomic mass is 9.83. The molecule has 1 N–H and O–H groups in total. The Morgan fingerprint density at radius 3 is 2.90 bits per heavy atom. The molecular weight excluding hydrogens is 314 g/mol. The van der Waals surface area contributed by atoms with Crippen LogP contribution in [0.3, 0.4) is 0 Å². The quantitative estimate of drug-likeness (QED) is 0.903. The van der Waals surface area contributed by atoms with Crippen molar-refractivity contribution in [2.45, 2.75) is 44.9 Å². The number of piperidine rings is 1. The van der Waals surface area contributed by atoms with Crippen molar-refractivity contribution in [2.24, 2.45) is 5.92 Å². The molecule has 0 saturated carbocycles. The van der Waals surface area contributed by atoms with E-state index < -0.39 is 0 Å². The van der Waals surface area contributed by atoms with Gasteiger partial charge in [0.15, 0.2) is 0 Å². The third kappa shape index (κ3) is 2.89. The zero-order valence-corrected chi connectivity index (χ0v) is 13.9. The summed E-state index contributed by atoms with van der Waals surface area (Å²) in [5.41, 5.74) is 4.61. The number of aryl methyl sites for hydroxylation is 1.